The topological polar surface area (TPSA) is 107 Å². The summed E-state index contributed by atoms with van der Waals surface area (Å²) in [6.07, 6.45) is 1.35. The molecule has 0 aromatic rings. The van der Waals surface area contributed by atoms with Gasteiger partial charge in [0.1, 0.15) is 0 Å². The highest BCUT2D eigenvalue weighted by Gasteiger charge is 2.32. The number of phosphoric ester groups is 1. The lowest BCUT2D eigenvalue weighted by atomic mass is 10.2. The van der Waals surface area contributed by atoms with Crippen molar-refractivity contribution in [2.75, 3.05) is 19.8 Å². The minimum absolute atomic E-state index is 0.0180. The quantitative estimate of drug-likeness (QED) is 0.549. The zero-order valence-corrected chi connectivity index (χ0v) is 9.68. The van der Waals surface area contributed by atoms with E-state index in [0.717, 1.165) is 0 Å². The summed E-state index contributed by atoms with van der Waals surface area (Å²) in [4.78, 5) is 30.0. The zero-order valence-electron chi connectivity index (χ0n) is 8.78. The molecule has 1 fully saturated rings. The zero-order chi connectivity index (χ0) is 12.2. The summed E-state index contributed by atoms with van der Waals surface area (Å²) in [5.41, 5.74) is 0. The molecule has 0 aliphatic carbocycles. The van der Waals surface area contributed by atoms with E-state index in [1.54, 1.807) is 0 Å². The Balaban J connectivity index is 2.45. The largest absolute Gasteiger partial charge is 0.469 e. The average Bonchev–Trinajstić information content (AvgIpc) is 2.52. The van der Waals surface area contributed by atoms with Crippen molar-refractivity contribution in [1.82, 2.24) is 4.90 Å². The fraction of sp³-hybridized carbons (Fsp3) is 0.875. The summed E-state index contributed by atoms with van der Waals surface area (Å²) < 4.78 is 14.9. The van der Waals surface area contributed by atoms with Crippen LogP contribution in [0.5, 0.6) is 0 Å². The van der Waals surface area contributed by atoms with Gasteiger partial charge in [-0.2, -0.15) is 0 Å². The molecule has 16 heavy (non-hydrogen) atoms. The minimum atomic E-state index is -4.48. The molecule has 8 heteroatoms. The van der Waals surface area contributed by atoms with Crippen LogP contribution in [0.1, 0.15) is 19.3 Å². The highest BCUT2D eigenvalue weighted by molar-refractivity contribution is 7.46. The van der Waals surface area contributed by atoms with Gasteiger partial charge >= 0.3 is 7.82 Å². The van der Waals surface area contributed by atoms with Crippen molar-refractivity contribution in [3.8, 4) is 0 Å². The van der Waals surface area contributed by atoms with Gasteiger partial charge in [0.25, 0.3) is 0 Å². The smallest absolute Gasteiger partial charge is 0.396 e. The molecule has 1 unspecified atom stereocenters. The van der Waals surface area contributed by atoms with Gasteiger partial charge in [-0.25, -0.2) is 4.57 Å². The van der Waals surface area contributed by atoms with Gasteiger partial charge in [0.15, 0.2) is 0 Å². The van der Waals surface area contributed by atoms with Gasteiger partial charge in [-0.05, 0) is 12.8 Å². The van der Waals surface area contributed by atoms with Crippen LogP contribution in [0.25, 0.3) is 0 Å². The van der Waals surface area contributed by atoms with Crippen LogP contribution in [0, 0.1) is 0 Å². The number of carbonyl (C=O) groups is 1. The minimum Gasteiger partial charge on any atom is -0.396 e. The van der Waals surface area contributed by atoms with Crippen molar-refractivity contribution in [1.29, 1.82) is 0 Å². The molecular weight excluding hydrogens is 237 g/mol. The van der Waals surface area contributed by atoms with Gasteiger partial charge in [-0.1, -0.05) is 0 Å². The molecule has 1 rings (SSSR count). The molecule has 1 heterocycles. The monoisotopic (exact) mass is 253 g/mol. The first-order valence-corrected chi connectivity index (χ1v) is 6.57. The number of nitrogens with zero attached hydrogens (tertiary/aromatic N) is 1. The number of carbonyl (C=O) groups excluding carboxylic acids is 1. The molecule has 0 spiro atoms. The second-order valence-electron chi connectivity index (χ2n) is 3.64. The maximum absolute atomic E-state index is 11.4. The number of aliphatic hydroxyl groups excluding tert-OH is 1. The molecule has 1 aliphatic heterocycles. The van der Waals surface area contributed by atoms with Crippen molar-refractivity contribution in [3.63, 3.8) is 0 Å². The number of amides is 1. The van der Waals surface area contributed by atoms with Gasteiger partial charge < -0.3 is 19.8 Å². The normalized spacial score (nSPS) is 21.8. The molecule has 94 valence electrons. The number of rotatable bonds is 6. The number of likely N-dealkylation sites (tertiary alicyclic amines) is 1. The molecule has 0 radical (unpaired) electrons. The van der Waals surface area contributed by atoms with E-state index in [0.29, 0.717) is 25.8 Å². The van der Waals surface area contributed by atoms with Gasteiger partial charge in [0, 0.05) is 19.6 Å². The van der Waals surface area contributed by atoms with E-state index < -0.39 is 7.82 Å². The summed E-state index contributed by atoms with van der Waals surface area (Å²) in [5, 5.41) is 8.66. The Kier molecular flexibility index (Phi) is 4.89. The molecule has 0 aromatic heterocycles. The van der Waals surface area contributed by atoms with Crippen LogP contribution in [-0.2, 0) is 13.9 Å². The van der Waals surface area contributed by atoms with Crippen LogP contribution in [0.3, 0.4) is 0 Å². The van der Waals surface area contributed by atoms with Gasteiger partial charge in [0.05, 0.1) is 12.6 Å². The number of hydrogen-bond acceptors (Lipinski definition) is 4. The molecular formula is C8H16NO6P. The van der Waals surface area contributed by atoms with E-state index in [9.17, 15) is 9.36 Å². The second kappa shape index (κ2) is 5.75. The van der Waals surface area contributed by atoms with Crippen molar-refractivity contribution < 1.29 is 28.8 Å². The Hall–Kier alpha value is -0.460. The van der Waals surface area contributed by atoms with Crippen LogP contribution in [0.15, 0.2) is 0 Å². The summed E-state index contributed by atoms with van der Waals surface area (Å²) in [7, 11) is -4.48. The SMILES string of the molecule is O=C1CCC(COP(=O)(O)O)N1CCCO. The summed E-state index contributed by atoms with van der Waals surface area (Å²) >= 11 is 0. The third-order valence-electron chi connectivity index (χ3n) is 2.44. The van der Waals surface area contributed by atoms with Crippen molar-refractivity contribution in [3.05, 3.63) is 0 Å². The van der Waals surface area contributed by atoms with Gasteiger partial charge in [0.2, 0.25) is 5.91 Å². The van der Waals surface area contributed by atoms with E-state index in [-0.39, 0.29) is 25.2 Å². The van der Waals surface area contributed by atoms with E-state index >= 15 is 0 Å². The van der Waals surface area contributed by atoms with Gasteiger partial charge in [-0.3, -0.25) is 9.32 Å². The average molecular weight is 253 g/mol. The highest BCUT2D eigenvalue weighted by Crippen LogP contribution is 2.37. The van der Waals surface area contributed by atoms with E-state index in [4.69, 9.17) is 14.9 Å². The molecule has 0 saturated carbocycles. The third kappa shape index (κ3) is 4.19. The Morgan fingerprint density at radius 1 is 1.50 bits per heavy atom. The molecule has 3 N–H and O–H groups in total. The van der Waals surface area contributed by atoms with Gasteiger partial charge in [-0.15, -0.1) is 0 Å². The Bertz CT molecular complexity index is 290. The summed E-state index contributed by atoms with van der Waals surface area (Å²) in [5.74, 6) is -0.0623. The number of phosphoric acid groups is 1. The molecule has 1 atom stereocenters. The maximum Gasteiger partial charge on any atom is 0.469 e. The van der Waals surface area contributed by atoms with E-state index in [2.05, 4.69) is 4.52 Å². The van der Waals surface area contributed by atoms with Crippen molar-refractivity contribution >= 4 is 13.7 Å². The molecule has 7 nitrogen and oxygen atoms in total. The van der Waals surface area contributed by atoms with Crippen LogP contribution < -0.4 is 0 Å². The number of aliphatic hydroxyl groups is 1. The Labute approximate surface area is 93.3 Å². The Morgan fingerprint density at radius 3 is 2.75 bits per heavy atom. The lowest BCUT2D eigenvalue weighted by molar-refractivity contribution is -0.129. The maximum atomic E-state index is 11.4. The first-order chi connectivity index (χ1) is 7.44. The van der Waals surface area contributed by atoms with Crippen LogP contribution in [-0.4, -0.2) is 51.5 Å². The lowest BCUT2D eigenvalue weighted by Crippen LogP contribution is -2.36. The van der Waals surface area contributed by atoms with Crippen LogP contribution >= 0.6 is 7.82 Å². The predicted octanol–water partition coefficient (Wildman–Crippen LogP) is -0.531. The van der Waals surface area contributed by atoms with Crippen LogP contribution in [0.2, 0.25) is 0 Å². The molecule has 0 aromatic carbocycles. The fourth-order valence-electron chi connectivity index (χ4n) is 1.70. The molecule has 1 aliphatic rings. The fourth-order valence-corrected chi connectivity index (χ4v) is 2.06. The van der Waals surface area contributed by atoms with E-state index in [1.165, 1.54) is 4.90 Å². The van der Waals surface area contributed by atoms with Crippen molar-refractivity contribution in [2.24, 2.45) is 0 Å². The van der Waals surface area contributed by atoms with Crippen molar-refractivity contribution in [2.45, 2.75) is 25.3 Å². The molecule has 1 saturated heterocycles. The molecule has 1 amide bonds. The summed E-state index contributed by atoms with van der Waals surface area (Å²) in [6, 6.07) is -0.299. The van der Waals surface area contributed by atoms with E-state index in [1.807, 2.05) is 0 Å². The number of hydrogen-bond donors (Lipinski definition) is 3. The first kappa shape index (κ1) is 13.6. The van der Waals surface area contributed by atoms with Crippen LogP contribution in [0.4, 0.5) is 0 Å². The Morgan fingerprint density at radius 2 is 2.19 bits per heavy atom. The predicted molar refractivity (Wildman–Crippen MR) is 54.4 cm³/mol. The summed E-state index contributed by atoms with van der Waals surface area (Å²) in [6.45, 7) is 0.210. The third-order valence-corrected chi connectivity index (χ3v) is 2.93. The lowest BCUT2D eigenvalue weighted by Gasteiger charge is -2.24. The highest BCUT2D eigenvalue weighted by atomic mass is 31.2. The first-order valence-electron chi connectivity index (χ1n) is 5.04. The standard InChI is InChI=1S/C8H16NO6P/c10-5-1-4-9-7(2-3-8(9)11)6-15-16(12,13)14/h7,10H,1-6H2,(H2,12,13,14). The second-order valence-corrected chi connectivity index (χ2v) is 4.88. The molecule has 0 bridgehead atoms.